The molecular weight excluding hydrogens is 238 g/mol. The van der Waals surface area contributed by atoms with Crippen molar-refractivity contribution in [3.63, 3.8) is 0 Å². The Bertz CT molecular complexity index is 388. The van der Waals surface area contributed by atoms with Crippen molar-refractivity contribution in [3.05, 3.63) is 11.6 Å². The van der Waals surface area contributed by atoms with Gasteiger partial charge >= 0.3 is 0 Å². The van der Waals surface area contributed by atoms with E-state index in [0.717, 1.165) is 51.6 Å². The molecule has 1 atom stereocenters. The highest BCUT2D eigenvalue weighted by Crippen LogP contribution is 2.42. The van der Waals surface area contributed by atoms with Crippen molar-refractivity contribution >= 4 is 5.91 Å². The second kappa shape index (κ2) is 4.93. The molecule has 1 heterocycles. The quantitative estimate of drug-likeness (QED) is 0.567. The zero-order valence-corrected chi connectivity index (χ0v) is 12.2. The van der Waals surface area contributed by atoms with Gasteiger partial charge in [-0.1, -0.05) is 11.6 Å². The third-order valence-electron chi connectivity index (χ3n) is 5.30. The number of carbonyl (C=O) groups is 1. The van der Waals surface area contributed by atoms with Crippen molar-refractivity contribution in [2.45, 2.75) is 63.5 Å². The summed E-state index contributed by atoms with van der Waals surface area (Å²) in [6, 6.07) is 0.439. The van der Waals surface area contributed by atoms with Crippen molar-refractivity contribution in [1.29, 1.82) is 0 Å². The number of hydrogen-bond acceptors (Lipinski definition) is 2. The molecule has 3 heteroatoms. The Morgan fingerprint density at radius 3 is 2.58 bits per heavy atom. The van der Waals surface area contributed by atoms with Crippen LogP contribution in [-0.4, -0.2) is 36.1 Å². The molecule has 2 fully saturated rings. The number of ether oxygens (including phenoxy) is 1. The minimum absolute atomic E-state index is 0.224. The molecule has 106 valence electrons. The zero-order chi connectivity index (χ0) is 13.5. The van der Waals surface area contributed by atoms with Crippen LogP contribution < -0.4 is 0 Å². The van der Waals surface area contributed by atoms with Crippen molar-refractivity contribution in [2.24, 2.45) is 5.92 Å². The van der Waals surface area contributed by atoms with E-state index in [1.165, 1.54) is 5.57 Å². The lowest BCUT2D eigenvalue weighted by molar-refractivity contribution is -0.137. The molecule has 19 heavy (non-hydrogen) atoms. The van der Waals surface area contributed by atoms with E-state index in [4.69, 9.17) is 4.74 Å². The van der Waals surface area contributed by atoms with E-state index in [2.05, 4.69) is 13.0 Å². The first-order chi connectivity index (χ1) is 9.10. The molecule has 1 saturated heterocycles. The zero-order valence-electron chi connectivity index (χ0n) is 12.2. The van der Waals surface area contributed by atoms with Gasteiger partial charge in [-0.15, -0.1) is 0 Å². The van der Waals surface area contributed by atoms with Gasteiger partial charge in [0, 0.05) is 19.0 Å². The maximum absolute atomic E-state index is 12.5. The Balaban J connectivity index is 1.54. The van der Waals surface area contributed by atoms with Crippen molar-refractivity contribution in [3.8, 4) is 0 Å². The molecule has 3 rings (SSSR count). The summed E-state index contributed by atoms with van der Waals surface area (Å²) in [4.78, 5) is 14.6. The predicted octanol–water partition coefficient (Wildman–Crippen LogP) is 2.90. The first-order valence-electron chi connectivity index (χ1n) is 7.66. The lowest BCUT2D eigenvalue weighted by atomic mass is 9.84. The SMILES string of the molecule is CC1=CC[C@H](C(=O)N(C)C2CCC3(CC2)CO3)CC1. The number of hydrogen-bond donors (Lipinski definition) is 0. The molecule has 0 aromatic rings. The van der Waals surface area contributed by atoms with Crippen molar-refractivity contribution in [2.75, 3.05) is 13.7 Å². The number of carbonyl (C=O) groups excluding carboxylic acids is 1. The maximum atomic E-state index is 12.5. The van der Waals surface area contributed by atoms with E-state index < -0.39 is 0 Å². The molecule has 1 aliphatic heterocycles. The molecule has 1 saturated carbocycles. The summed E-state index contributed by atoms with van der Waals surface area (Å²) in [5, 5.41) is 0. The van der Waals surface area contributed by atoms with Gasteiger partial charge < -0.3 is 9.64 Å². The van der Waals surface area contributed by atoms with Crippen LogP contribution in [0.1, 0.15) is 51.9 Å². The molecule has 0 aromatic heterocycles. The van der Waals surface area contributed by atoms with Crippen LogP contribution in [0.2, 0.25) is 0 Å². The van der Waals surface area contributed by atoms with Gasteiger partial charge in [-0.2, -0.15) is 0 Å². The van der Waals surface area contributed by atoms with Crippen LogP contribution >= 0.6 is 0 Å². The van der Waals surface area contributed by atoms with E-state index >= 15 is 0 Å². The van der Waals surface area contributed by atoms with E-state index in [0.29, 0.717) is 11.9 Å². The van der Waals surface area contributed by atoms with Crippen LogP contribution in [-0.2, 0) is 9.53 Å². The Labute approximate surface area is 116 Å². The number of epoxide rings is 1. The van der Waals surface area contributed by atoms with Gasteiger partial charge in [0.25, 0.3) is 0 Å². The Morgan fingerprint density at radius 2 is 2.05 bits per heavy atom. The van der Waals surface area contributed by atoms with Gasteiger partial charge in [-0.3, -0.25) is 4.79 Å². The van der Waals surface area contributed by atoms with Gasteiger partial charge in [0.15, 0.2) is 0 Å². The second-order valence-corrected chi connectivity index (χ2v) is 6.67. The largest absolute Gasteiger partial charge is 0.370 e. The average molecular weight is 263 g/mol. The normalized spacial score (nSPS) is 37.9. The molecule has 0 unspecified atom stereocenters. The molecule has 3 nitrogen and oxygen atoms in total. The van der Waals surface area contributed by atoms with E-state index in [-0.39, 0.29) is 11.5 Å². The summed E-state index contributed by atoms with van der Waals surface area (Å²) in [7, 11) is 2.00. The minimum Gasteiger partial charge on any atom is -0.370 e. The predicted molar refractivity (Wildman–Crippen MR) is 74.8 cm³/mol. The van der Waals surface area contributed by atoms with E-state index in [9.17, 15) is 4.79 Å². The van der Waals surface area contributed by atoms with Crippen LogP contribution in [0.5, 0.6) is 0 Å². The number of rotatable bonds is 2. The standard InChI is InChI=1S/C16H25NO2/c1-12-3-5-13(6-4-12)15(18)17(2)14-7-9-16(10-8-14)11-19-16/h3,13-14H,4-11H2,1-2H3/t13-,14?,16?/m0/s1. The summed E-state index contributed by atoms with van der Waals surface area (Å²) >= 11 is 0. The molecule has 0 N–H and O–H groups in total. The fourth-order valence-electron chi connectivity index (χ4n) is 3.56. The van der Waals surface area contributed by atoms with Gasteiger partial charge in [-0.05, 0) is 51.9 Å². The second-order valence-electron chi connectivity index (χ2n) is 6.67. The summed E-state index contributed by atoms with van der Waals surface area (Å²) in [5.41, 5.74) is 1.67. The van der Waals surface area contributed by atoms with E-state index in [1.54, 1.807) is 0 Å². The monoisotopic (exact) mass is 263 g/mol. The van der Waals surface area contributed by atoms with Crippen molar-refractivity contribution < 1.29 is 9.53 Å². The first-order valence-corrected chi connectivity index (χ1v) is 7.66. The topological polar surface area (TPSA) is 32.8 Å². The highest BCUT2D eigenvalue weighted by atomic mass is 16.6. The molecular formula is C16H25NO2. The molecule has 0 bridgehead atoms. The summed E-state index contributed by atoms with van der Waals surface area (Å²) < 4.78 is 5.54. The summed E-state index contributed by atoms with van der Waals surface area (Å²) in [6.45, 7) is 3.12. The third-order valence-corrected chi connectivity index (χ3v) is 5.30. The van der Waals surface area contributed by atoms with Crippen LogP contribution in [0.25, 0.3) is 0 Å². The Kier molecular flexibility index (Phi) is 3.42. The highest BCUT2D eigenvalue weighted by molar-refractivity contribution is 5.79. The molecule has 1 spiro atoms. The fraction of sp³-hybridized carbons (Fsp3) is 0.812. The highest BCUT2D eigenvalue weighted by Gasteiger charge is 2.47. The van der Waals surface area contributed by atoms with Crippen LogP contribution in [0.3, 0.4) is 0 Å². The Hall–Kier alpha value is -0.830. The molecule has 1 amide bonds. The number of nitrogens with zero attached hydrogens (tertiary/aromatic N) is 1. The van der Waals surface area contributed by atoms with Crippen LogP contribution in [0.4, 0.5) is 0 Å². The fourth-order valence-corrected chi connectivity index (χ4v) is 3.56. The lowest BCUT2D eigenvalue weighted by Gasteiger charge is -2.36. The molecule has 0 aromatic carbocycles. The van der Waals surface area contributed by atoms with Gasteiger partial charge in [0.2, 0.25) is 5.91 Å². The van der Waals surface area contributed by atoms with Crippen LogP contribution in [0.15, 0.2) is 11.6 Å². The minimum atomic E-state index is 0.224. The van der Waals surface area contributed by atoms with Gasteiger partial charge in [-0.25, -0.2) is 0 Å². The molecule has 0 radical (unpaired) electrons. The van der Waals surface area contributed by atoms with Crippen LogP contribution in [0, 0.1) is 5.92 Å². The van der Waals surface area contributed by atoms with Crippen molar-refractivity contribution in [1.82, 2.24) is 4.90 Å². The molecule has 2 aliphatic carbocycles. The van der Waals surface area contributed by atoms with Gasteiger partial charge in [0.1, 0.15) is 0 Å². The summed E-state index contributed by atoms with van der Waals surface area (Å²) in [5.74, 6) is 0.586. The number of allylic oxidation sites excluding steroid dienone is 2. The summed E-state index contributed by atoms with van der Waals surface area (Å²) in [6.07, 6.45) is 9.81. The van der Waals surface area contributed by atoms with E-state index in [1.807, 2.05) is 11.9 Å². The van der Waals surface area contributed by atoms with Gasteiger partial charge in [0.05, 0.1) is 12.2 Å². The molecule has 3 aliphatic rings. The third kappa shape index (κ3) is 2.71. The lowest BCUT2D eigenvalue weighted by Crippen LogP contribution is -2.44. The average Bonchev–Trinajstić information content (AvgIpc) is 3.18. The number of amides is 1. The maximum Gasteiger partial charge on any atom is 0.225 e. The first kappa shape index (κ1) is 13.2. The smallest absolute Gasteiger partial charge is 0.225 e. The Morgan fingerprint density at radius 1 is 1.37 bits per heavy atom.